The molecule has 0 spiro atoms. The fraction of sp³-hybridized carbons (Fsp3) is 0.600. The van der Waals surface area contributed by atoms with E-state index in [-0.39, 0.29) is 0 Å². The van der Waals surface area contributed by atoms with Crippen LogP contribution in [0.2, 0.25) is 5.02 Å². The summed E-state index contributed by atoms with van der Waals surface area (Å²) in [5.74, 6) is 0.628. The molecule has 2 atom stereocenters. The largest absolute Gasteiger partial charge is 0.314 e. The molecule has 1 N–H and O–H groups in total. The number of halogens is 1. The van der Waals surface area contributed by atoms with Gasteiger partial charge in [0.25, 0.3) is 0 Å². The minimum atomic E-state index is 0.450. The van der Waals surface area contributed by atoms with Gasteiger partial charge in [0.2, 0.25) is 0 Å². The third kappa shape index (κ3) is 3.05. The normalized spacial score (nSPS) is 20.6. The van der Waals surface area contributed by atoms with Gasteiger partial charge in [-0.05, 0) is 17.5 Å². The Balaban J connectivity index is 2.27. The van der Waals surface area contributed by atoms with Crippen LogP contribution in [0.3, 0.4) is 0 Å². The van der Waals surface area contributed by atoms with Gasteiger partial charge in [0, 0.05) is 37.2 Å². The van der Waals surface area contributed by atoms with E-state index in [1.54, 1.807) is 0 Å². The van der Waals surface area contributed by atoms with Crippen LogP contribution in [0.5, 0.6) is 0 Å². The molecule has 1 aromatic carbocycles. The molecule has 1 fully saturated rings. The molecule has 0 amide bonds. The minimum Gasteiger partial charge on any atom is -0.314 e. The number of nitrogens with one attached hydrogen (secondary N) is 1. The fourth-order valence-electron chi connectivity index (χ4n) is 2.76. The van der Waals surface area contributed by atoms with Crippen molar-refractivity contribution >= 4 is 11.6 Å². The van der Waals surface area contributed by atoms with E-state index in [1.807, 2.05) is 12.1 Å². The molecule has 0 aromatic heterocycles. The van der Waals surface area contributed by atoms with E-state index in [2.05, 4.69) is 36.2 Å². The highest BCUT2D eigenvalue weighted by atomic mass is 35.5. The summed E-state index contributed by atoms with van der Waals surface area (Å²) in [6, 6.07) is 8.75. The van der Waals surface area contributed by atoms with Crippen LogP contribution >= 0.6 is 11.6 Å². The lowest BCUT2D eigenvalue weighted by Gasteiger charge is -2.38. The van der Waals surface area contributed by atoms with Crippen LogP contribution in [0, 0.1) is 5.92 Å². The molecule has 1 aromatic rings. The van der Waals surface area contributed by atoms with E-state index in [1.165, 1.54) is 12.0 Å². The molecule has 18 heavy (non-hydrogen) atoms. The van der Waals surface area contributed by atoms with Crippen LogP contribution < -0.4 is 5.32 Å². The predicted molar refractivity (Wildman–Crippen MR) is 78.1 cm³/mol. The smallest absolute Gasteiger partial charge is 0.0453 e. The highest BCUT2D eigenvalue weighted by Crippen LogP contribution is 2.34. The van der Waals surface area contributed by atoms with Crippen LogP contribution in [-0.2, 0) is 0 Å². The Bertz CT molecular complexity index is 375. The number of hydrogen-bond donors (Lipinski definition) is 1. The molecule has 3 heteroatoms. The maximum absolute atomic E-state index is 6.40. The highest BCUT2D eigenvalue weighted by Gasteiger charge is 2.27. The molecule has 1 aliphatic heterocycles. The van der Waals surface area contributed by atoms with Crippen molar-refractivity contribution in [2.75, 3.05) is 26.2 Å². The number of nitrogens with zero attached hydrogens (tertiary/aromatic N) is 1. The third-order valence-electron chi connectivity index (χ3n) is 3.95. The van der Waals surface area contributed by atoms with Crippen molar-refractivity contribution in [3.63, 3.8) is 0 Å². The number of benzene rings is 1. The molecule has 1 saturated heterocycles. The Kier molecular flexibility index (Phi) is 5.04. The molecular weight excluding hydrogens is 244 g/mol. The van der Waals surface area contributed by atoms with E-state index in [0.29, 0.717) is 12.0 Å². The molecule has 1 unspecified atom stereocenters. The zero-order valence-electron chi connectivity index (χ0n) is 11.3. The summed E-state index contributed by atoms with van der Waals surface area (Å²) in [6.07, 6.45) is 1.18. The Morgan fingerprint density at radius 1 is 1.28 bits per heavy atom. The van der Waals surface area contributed by atoms with Gasteiger partial charge in [-0.15, -0.1) is 0 Å². The summed E-state index contributed by atoms with van der Waals surface area (Å²) >= 11 is 6.40. The van der Waals surface area contributed by atoms with E-state index in [9.17, 15) is 0 Å². The second-order valence-electron chi connectivity index (χ2n) is 5.14. The second kappa shape index (κ2) is 6.55. The quantitative estimate of drug-likeness (QED) is 0.899. The lowest BCUT2D eigenvalue weighted by atomic mass is 9.90. The molecular formula is C15H23ClN2. The first-order valence-corrected chi connectivity index (χ1v) is 7.31. The molecule has 0 saturated carbocycles. The van der Waals surface area contributed by atoms with Crippen LogP contribution in [0.25, 0.3) is 0 Å². The van der Waals surface area contributed by atoms with Gasteiger partial charge in [0.05, 0.1) is 0 Å². The summed E-state index contributed by atoms with van der Waals surface area (Å²) in [5.41, 5.74) is 1.29. The van der Waals surface area contributed by atoms with E-state index >= 15 is 0 Å². The lowest BCUT2D eigenvalue weighted by Crippen LogP contribution is -2.46. The number of hydrogen-bond acceptors (Lipinski definition) is 2. The zero-order chi connectivity index (χ0) is 13.0. The molecule has 1 aliphatic rings. The molecule has 2 rings (SSSR count). The Hall–Kier alpha value is -0.570. The maximum atomic E-state index is 6.40. The molecule has 0 bridgehead atoms. The summed E-state index contributed by atoms with van der Waals surface area (Å²) in [5, 5.41) is 4.32. The van der Waals surface area contributed by atoms with Gasteiger partial charge in [-0.1, -0.05) is 50.1 Å². The molecule has 100 valence electrons. The second-order valence-corrected chi connectivity index (χ2v) is 5.55. The van der Waals surface area contributed by atoms with Crippen molar-refractivity contribution in [2.24, 2.45) is 5.92 Å². The van der Waals surface area contributed by atoms with Crippen molar-refractivity contribution < 1.29 is 0 Å². The van der Waals surface area contributed by atoms with Gasteiger partial charge in [0.1, 0.15) is 0 Å². The lowest BCUT2D eigenvalue weighted by molar-refractivity contribution is 0.128. The average Bonchev–Trinajstić information content (AvgIpc) is 2.42. The van der Waals surface area contributed by atoms with Gasteiger partial charge in [-0.3, -0.25) is 4.90 Å². The van der Waals surface area contributed by atoms with Crippen molar-refractivity contribution in [1.29, 1.82) is 0 Å². The molecule has 1 heterocycles. The summed E-state index contributed by atoms with van der Waals surface area (Å²) in [7, 11) is 0. The summed E-state index contributed by atoms with van der Waals surface area (Å²) < 4.78 is 0. The Morgan fingerprint density at radius 3 is 2.56 bits per heavy atom. The van der Waals surface area contributed by atoms with Crippen molar-refractivity contribution in [3.8, 4) is 0 Å². The summed E-state index contributed by atoms with van der Waals surface area (Å²) in [4.78, 5) is 2.58. The number of piperazine rings is 1. The van der Waals surface area contributed by atoms with Crippen molar-refractivity contribution in [1.82, 2.24) is 10.2 Å². The van der Waals surface area contributed by atoms with Gasteiger partial charge < -0.3 is 5.32 Å². The van der Waals surface area contributed by atoms with Gasteiger partial charge in [-0.2, -0.15) is 0 Å². The van der Waals surface area contributed by atoms with Gasteiger partial charge in [-0.25, -0.2) is 0 Å². The Labute approximate surface area is 115 Å². The molecule has 0 radical (unpaired) electrons. The minimum absolute atomic E-state index is 0.450. The summed E-state index contributed by atoms with van der Waals surface area (Å²) in [6.45, 7) is 8.97. The first-order valence-electron chi connectivity index (χ1n) is 6.93. The maximum Gasteiger partial charge on any atom is 0.0453 e. The average molecular weight is 267 g/mol. The van der Waals surface area contributed by atoms with Crippen LogP contribution in [0.1, 0.15) is 31.9 Å². The Morgan fingerprint density at radius 2 is 1.94 bits per heavy atom. The third-order valence-corrected chi connectivity index (χ3v) is 4.30. The topological polar surface area (TPSA) is 15.3 Å². The van der Waals surface area contributed by atoms with Crippen LogP contribution in [-0.4, -0.2) is 31.1 Å². The van der Waals surface area contributed by atoms with E-state index in [4.69, 9.17) is 11.6 Å². The van der Waals surface area contributed by atoms with Crippen LogP contribution in [0.4, 0.5) is 0 Å². The highest BCUT2D eigenvalue weighted by molar-refractivity contribution is 6.31. The zero-order valence-corrected chi connectivity index (χ0v) is 12.1. The van der Waals surface area contributed by atoms with E-state index in [0.717, 1.165) is 31.2 Å². The molecule has 2 nitrogen and oxygen atoms in total. The standard InChI is InChI=1S/C15H23ClN2/c1-3-12(2)15(18-10-8-17-9-11-18)13-6-4-5-7-14(13)16/h4-7,12,15,17H,3,8-11H2,1-2H3/t12?,15-/m0/s1. The van der Waals surface area contributed by atoms with Gasteiger partial charge >= 0.3 is 0 Å². The first kappa shape index (κ1) is 13.9. The van der Waals surface area contributed by atoms with E-state index < -0.39 is 0 Å². The monoisotopic (exact) mass is 266 g/mol. The van der Waals surface area contributed by atoms with Gasteiger partial charge in [0.15, 0.2) is 0 Å². The SMILES string of the molecule is CCC(C)[C@@H](c1ccccc1Cl)N1CCNCC1. The fourth-order valence-corrected chi connectivity index (χ4v) is 3.01. The van der Waals surface area contributed by atoms with Crippen molar-refractivity contribution in [2.45, 2.75) is 26.3 Å². The first-order chi connectivity index (χ1) is 8.74. The van der Waals surface area contributed by atoms with Crippen molar-refractivity contribution in [3.05, 3.63) is 34.9 Å². The van der Waals surface area contributed by atoms with Crippen LogP contribution in [0.15, 0.2) is 24.3 Å². The number of rotatable bonds is 4. The molecule has 0 aliphatic carbocycles. The predicted octanol–water partition coefficient (Wildman–Crippen LogP) is 3.33.